The number of esters is 1. The van der Waals surface area contributed by atoms with Crippen molar-refractivity contribution in [2.45, 2.75) is 20.5 Å². The molecule has 0 atom stereocenters. The molecule has 0 bridgehead atoms. The van der Waals surface area contributed by atoms with E-state index in [-0.39, 0.29) is 12.5 Å². The molecule has 1 aromatic heterocycles. The maximum atomic E-state index is 12.8. The first-order valence-corrected chi connectivity index (χ1v) is 9.49. The summed E-state index contributed by atoms with van der Waals surface area (Å²) in [5, 5.41) is 5.74. The van der Waals surface area contributed by atoms with E-state index >= 15 is 0 Å². The number of nitrogens with one attached hydrogen (secondary N) is 1. The van der Waals surface area contributed by atoms with E-state index in [4.69, 9.17) is 9.47 Å². The van der Waals surface area contributed by atoms with Crippen molar-refractivity contribution in [3.05, 3.63) is 75.2 Å². The first-order chi connectivity index (χ1) is 13.5. The molecule has 3 aromatic rings. The Labute approximate surface area is 167 Å². The van der Waals surface area contributed by atoms with Gasteiger partial charge in [-0.15, -0.1) is 11.3 Å². The number of carbonyl (C=O) groups excluding carboxylic acids is 2. The number of para-hydroxylation sites is 1. The van der Waals surface area contributed by atoms with Crippen molar-refractivity contribution in [2.75, 3.05) is 12.4 Å². The first kappa shape index (κ1) is 19.6. The molecular weight excluding hydrogens is 376 g/mol. The minimum atomic E-state index is -0.460. The number of nitrogens with zero attached hydrogens (tertiary/aromatic N) is 1. The summed E-state index contributed by atoms with van der Waals surface area (Å²) in [7, 11) is 1.32. The van der Waals surface area contributed by atoms with Gasteiger partial charge < -0.3 is 14.8 Å². The molecule has 0 aliphatic rings. The van der Waals surface area contributed by atoms with Crippen LogP contribution in [-0.2, 0) is 11.3 Å². The molecule has 1 N–H and O–H groups in total. The van der Waals surface area contributed by atoms with Gasteiger partial charge in [0.15, 0.2) is 0 Å². The monoisotopic (exact) mass is 396 g/mol. The predicted octanol–water partition coefficient (Wildman–Crippen LogP) is 4.38. The highest BCUT2D eigenvalue weighted by molar-refractivity contribution is 7.09. The Hall–Kier alpha value is -3.19. The van der Waals surface area contributed by atoms with Gasteiger partial charge in [0.1, 0.15) is 12.4 Å². The van der Waals surface area contributed by atoms with Crippen molar-refractivity contribution in [3.63, 3.8) is 0 Å². The van der Waals surface area contributed by atoms with Gasteiger partial charge in [-0.3, -0.25) is 4.79 Å². The van der Waals surface area contributed by atoms with Gasteiger partial charge in [-0.1, -0.05) is 18.2 Å². The van der Waals surface area contributed by atoms with E-state index in [9.17, 15) is 9.59 Å². The molecule has 0 saturated heterocycles. The Morgan fingerprint density at radius 3 is 2.64 bits per heavy atom. The second-order valence-corrected chi connectivity index (χ2v) is 7.18. The lowest BCUT2D eigenvalue weighted by molar-refractivity contribution is 0.0600. The van der Waals surface area contributed by atoms with E-state index in [2.05, 4.69) is 10.3 Å². The van der Waals surface area contributed by atoms with Crippen LogP contribution in [-0.4, -0.2) is 24.0 Å². The standard InChI is InChI=1S/C21H20N2O4S/c1-13-8-9-15(21(25)26-3)10-18(13)23-20(24)17-6-4-5-7-19(17)27-11-16-12-28-14(2)22-16/h4-10,12H,11H2,1-3H3,(H,23,24). The van der Waals surface area contributed by atoms with E-state index in [1.165, 1.54) is 7.11 Å². The highest BCUT2D eigenvalue weighted by Crippen LogP contribution is 2.23. The van der Waals surface area contributed by atoms with Crippen LogP contribution in [0.3, 0.4) is 0 Å². The van der Waals surface area contributed by atoms with E-state index in [0.29, 0.717) is 22.6 Å². The normalized spacial score (nSPS) is 10.4. The molecule has 0 aliphatic carbocycles. The third kappa shape index (κ3) is 4.55. The number of anilines is 1. The van der Waals surface area contributed by atoms with Crippen LogP contribution in [0.4, 0.5) is 5.69 Å². The quantitative estimate of drug-likeness (QED) is 0.626. The molecule has 6 nitrogen and oxygen atoms in total. The minimum absolute atomic E-state index is 0.283. The van der Waals surface area contributed by atoms with Gasteiger partial charge in [0.2, 0.25) is 0 Å². The summed E-state index contributed by atoms with van der Waals surface area (Å²) in [6.45, 7) is 4.06. The summed E-state index contributed by atoms with van der Waals surface area (Å²) in [5.41, 5.74) is 2.96. The maximum absolute atomic E-state index is 12.8. The number of methoxy groups -OCH3 is 1. The van der Waals surface area contributed by atoms with Gasteiger partial charge in [0, 0.05) is 11.1 Å². The number of aromatic nitrogens is 1. The molecule has 0 unspecified atom stereocenters. The Morgan fingerprint density at radius 2 is 1.93 bits per heavy atom. The Kier molecular flexibility index (Phi) is 6.06. The van der Waals surface area contributed by atoms with Crippen molar-refractivity contribution < 1.29 is 19.1 Å². The molecular formula is C21H20N2O4S. The van der Waals surface area contributed by atoms with Gasteiger partial charge in [-0.05, 0) is 43.7 Å². The molecule has 3 rings (SSSR count). The molecule has 0 spiro atoms. The topological polar surface area (TPSA) is 77.5 Å². The zero-order valence-corrected chi connectivity index (χ0v) is 16.6. The zero-order valence-electron chi connectivity index (χ0n) is 15.8. The van der Waals surface area contributed by atoms with E-state index in [0.717, 1.165) is 16.3 Å². The highest BCUT2D eigenvalue weighted by Gasteiger charge is 2.15. The molecule has 0 fully saturated rings. The van der Waals surface area contributed by atoms with Crippen LogP contribution < -0.4 is 10.1 Å². The number of rotatable bonds is 6. The van der Waals surface area contributed by atoms with Crippen LogP contribution in [0.1, 0.15) is 37.0 Å². The lowest BCUT2D eigenvalue weighted by Gasteiger charge is -2.13. The number of carbonyl (C=O) groups is 2. The van der Waals surface area contributed by atoms with E-state index in [1.54, 1.807) is 47.7 Å². The van der Waals surface area contributed by atoms with E-state index < -0.39 is 5.97 Å². The summed E-state index contributed by atoms with van der Waals surface area (Å²) in [4.78, 5) is 28.9. The van der Waals surface area contributed by atoms with Gasteiger partial charge in [-0.25, -0.2) is 9.78 Å². The Balaban J connectivity index is 1.79. The molecule has 7 heteroatoms. The largest absolute Gasteiger partial charge is 0.486 e. The fourth-order valence-electron chi connectivity index (χ4n) is 2.60. The van der Waals surface area contributed by atoms with Gasteiger partial charge in [0.25, 0.3) is 5.91 Å². The highest BCUT2D eigenvalue weighted by atomic mass is 32.1. The first-order valence-electron chi connectivity index (χ1n) is 8.61. The number of hydrogen-bond acceptors (Lipinski definition) is 6. The number of amides is 1. The fraction of sp³-hybridized carbons (Fsp3) is 0.190. The molecule has 0 aliphatic heterocycles. The van der Waals surface area contributed by atoms with Crippen molar-refractivity contribution in [2.24, 2.45) is 0 Å². The second kappa shape index (κ2) is 8.67. The smallest absolute Gasteiger partial charge is 0.337 e. The third-order valence-corrected chi connectivity index (χ3v) is 4.90. The van der Waals surface area contributed by atoms with Crippen LogP contribution in [0.2, 0.25) is 0 Å². The molecule has 1 amide bonds. The van der Waals surface area contributed by atoms with Crippen LogP contribution in [0, 0.1) is 13.8 Å². The van der Waals surface area contributed by atoms with Crippen molar-refractivity contribution >= 4 is 28.9 Å². The number of hydrogen-bond donors (Lipinski definition) is 1. The Bertz CT molecular complexity index is 1010. The predicted molar refractivity (Wildman–Crippen MR) is 108 cm³/mol. The molecule has 28 heavy (non-hydrogen) atoms. The average Bonchev–Trinajstić information content (AvgIpc) is 3.12. The van der Waals surface area contributed by atoms with Crippen molar-refractivity contribution in [3.8, 4) is 5.75 Å². The number of benzene rings is 2. The molecule has 144 valence electrons. The zero-order chi connectivity index (χ0) is 20.1. The summed E-state index contributed by atoms with van der Waals surface area (Å²) in [6.07, 6.45) is 0. The fourth-order valence-corrected chi connectivity index (χ4v) is 3.19. The van der Waals surface area contributed by atoms with Gasteiger partial charge >= 0.3 is 5.97 Å². The summed E-state index contributed by atoms with van der Waals surface area (Å²) in [6, 6.07) is 12.0. The molecule has 0 saturated carbocycles. The second-order valence-electron chi connectivity index (χ2n) is 6.12. The minimum Gasteiger partial charge on any atom is -0.486 e. The lowest BCUT2D eigenvalue weighted by atomic mass is 10.1. The van der Waals surface area contributed by atoms with Crippen molar-refractivity contribution in [1.82, 2.24) is 4.98 Å². The summed E-state index contributed by atoms with van der Waals surface area (Å²) < 4.78 is 10.6. The molecule has 1 heterocycles. The van der Waals surface area contributed by atoms with Gasteiger partial charge in [-0.2, -0.15) is 0 Å². The van der Waals surface area contributed by atoms with Crippen LogP contribution in [0.25, 0.3) is 0 Å². The van der Waals surface area contributed by atoms with Crippen LogP contribution in [0.15, 0.2) is 47.8 Å². The lowest BCUT2D eigenvalue weighted by Crippen LogP contribution is -2.15. The average molecular weight is 396 g/mol. The summed E-state index contributed by atoms with van der Waals surface area (Å²) in [5.74, 6) is -0.319. The summed E-state index contributed by atoms with van der Waals surface area (Å²) >= 11 is 1.55. The van der Waals surface area contributed by atoms with Crippen molar-refractivity contribution in [1.29, 1.82) is 0 Å². The maximum Gasteiger partial charge on any atom is 0.337 e. The van der Waals surface area contributed by atoms with Crippen LogP contribution in [0.5, 0.6) is 5.75 Å². The number of ether oxygens (including phenoxy) is 2. The number of thiazole rings is 1. The molecule has 2 aromatic carbocycles. The third-order valence-electron chi connectivity index (χ3n) is 4.08. The van der Waals surface area contributed by atoms with Crippen LogP contribution >= 0.6 is 11.3 Å². The van der Waals surface area contributed by atoms with Gasteiger partial charge in [0.05, 0.1) is 28.9 Å². The molecule has 0 radical (unpaired) electrons. The SMILES string of the molecule is COC(=O)c1ccc(C)c(NC(=O)c2ccccc2OCc2csc(C)n2)c1. The van der Waals surface area contributed by atoms with E-state index in [1.807, 2.05) is 25.3 Å². The Morgan fingerprint density at radius 1 is 1.14 bits per heavy atom. The number of aryl methyl sites for hydroxylation is 2.